The van der Waals surface area contributed by atoms with E-state index < -0.39 is 0 Å². The van der Waals surface area contributed by atoms with Crippen LogP contribution in [0.25, 0.3) is 0 Å². The molecule has 0 amide bonds. The monoisotopic (exact) mass is 260 g/mol. The lowest BCUT2D eigenvalue weighted by Gasteiger charge is -2.12. The van der Waals surface area contributed by atoms with Gasteiger partial charge in [-0.25, -0.2) is 4.39 Å². The Morgan fingerprint density at radius 3 is 2.58 bits per heavy atom. The number of aliphatic hydroxyl groups excluding tert-OH is 1. The molecule has 0 atom stereocenters. The molecule has 0 heterocycles. The van der Waals surface area contributed by atoms with Crippen LogP contribution in [0.3, 0.4) is 0 Å². The van der Waals surface area contributed by atoms with Crippen molar-refractivity contribution in [1.82, 2.24) is 0 Å². The summed E-state index contributed by atoms with van der Waals surface area (Å²) >= 11 is 0. The van der Waals surface area contributed by atoms with E-state index in [2.05, 4.69) is 0 Å². The Kier molecular flexibility index (Phi) is 4.17. The van der Waals surface area contributed by atoms with Gasteiger partial charge in [-0.2, -0.15) is 0 Å². The van der Waals surface area contributed by atoms with E-state index in [4.69, 9.17) is 4.74 Å². The van der Waals surface area contributed by atoms with Gasteiger partial charge in [0.15, 0.2) is 0 Å². The second-order valence-corrected chi connectivity index (χ2v) is 4.63. The van der Waals surface area contributed by atoms with Gasteiger partial charge in [0, 0.05) is 5.56 Å². The lowest BCUT2D eigenvalue weighted by molar-refractivity contribution is 0.258. The second kappa shape index (κ2) is 5.85. The molecule has 0 aromatic heterocycles. The maximum atomic E-state index is 13.2. The molecule has 1 N–H and O–H groups in total. The first-order valence-electron chi connectivity index (χ1n) is 6.18. The molecule has 2 aromatic rings. The summed E-state index contributed by atoms with van der Waals surface area (Å²) in [7, 11) is 0. The van der Waals surface area contributed by atoms with Crippen molar-refractivity contribution in [3.05, 3.63) is 64.5 Å². The first-order chi connectivity index (χ1) is 9.10. The summed E-state index contributed by atoms with van der Waals surface area (Å²) < 4.78 is 18.9. The van der Waals surface area contributed by atoms with Crippen LogP contribution in [0.2, 0.25) is 0 Å². The van der Waals surface area contributed by atoms with Crippen molar-refractivity contribution in [2.45, 2.75) is 27.1 Å². The van der Waals surface area contributed by atoms with Gasteiger partial charge in [-0.3, -0.25) is 0 Å². The zero-order chi connectivity index (χ0) is 13.8. The molecular weight excluding hydrogens is 243 g/mol. The SMILES string of the molecule is Cc1ccc(OCc2cc(F)ccc2C)c(CO)c1. The average molecular weight is 260 g/mol. The normalized spacial score (nSPS) is 10.5. The van der Waals surface area contributed by atoms with E-state index >= 15 is 0 Å². The lowest BCUT2D eigenvalue weighted by Crippen LogP contribution is -2.01. The highest BCUT2D eigenvalue weighted by atomic mass is 19.1. The van der Waals surface area contributed by atoms with E-state index in [9.17, 15) is 9.50 Å². The van der Waals surface area contributed by atoms with Crippen molar-refractivity contribution in [3.63, 3.8) is 0 Å². The zero-order valence-electron chi connectivity index (χ0n) is 11.1. The Labute approximate surface area is 112 Å². The number of halogens is 1. The summed E-state index contributed by atoms with van der Waals surface area (Å²) in [4.78, 5) is 0. The van der Waals surface area contributed by atoms with Crippen molar-refractivity contribution in [1.29, 1.82) is 0 Å². The minimum atomic E-state index is -0.268. The van der Waals surface area contributed by atoms with E-state index in [1.807, 2.05) is 32.0 Å². The molecule has 0 aliphatic rings. The summed E-state index contributed by atoms with van der Waals surface area (Å²) in [5.74, 6) is 0.368. The number of hydrogen-bond donors (Lipinski definition) is 1. The number of aryl methyl sites for hydroxylation is 2. The van der Waals surface area contributed by atoms with E-state index in [-0.39, 0.29) is 12.4 Å². The van der Waals surface area contributed by atoms with Crippen LogP contribution in [0.4, 0.5) is 4.39 Å². The third-order valence-corrected chi connectivity index (χ3v) is 3.08. The molecular formula is C16H17FO2. The minimum absolute atomic E-state index is 0.0703. The number of hydrogen-bond acceptors (Lipinski definition) is 2. The molecule has 0 saturated heterocycles. The number of aliphatic hydroxyl groups is 1. The van der Waals surface area contributed by atoms with Crippen LogP contribution in [0.15, 0.2) is 36.4 Å². The lowest BCUT2D eigenvalue weighted by atomic mass is 10.1. The van der Waals surface area contributed by atoms with Crippen LogP contribution in [0, 0.1) is 19.7 Å². The van der Waals surface area contributed by atoms with Crippen molar-refractivity contribution >= 4 is 0 Å². The first kappa shape index (κ1) is 13.6. The molecule has 19 heavy (non-hydrogen) atoms. The molecule has 0 aliphatic carbocycles. The van der Waals surface area contributed by atoms with Gasteiger partial charge in [-0.1, -0.05) is 23.8 Å². The summed E-state index contributed by atoms with van der Waals surface area (Å²) in [6, 6.07) is 10.3. The molecule has 0 unspecified atom stereocenters. The maximum absolute atomic E-state index is 13.2. The van der Waals surface area contributed by atoms with Crippen LogP contribution in [-0.4, -0.2) is 5.11 Å². The quantitative estimate of drug-likeness (QED) is 0.911. The summed E-state index contributed by atoms with van der Waals surface area (Å²) in [6.07, 6.45) is 0. The van der Waals surface area contributed by atoms with E-state index in [0.717, 1.165) is 22.3 Å². The smallest absolute Gasteiger partial charge is 0.125 e. The fourth-order valence-corrected chi connectivity index (χ4v) is 1.92. The van der Waals surface area contributed by atoms with Gasteiger partial charge in [0.25, 0.3) is 0 Å². The molecule has 0 spiro atoms. The zero-order valence-corrected chi connectivity index (χ0v) is 11.1. The molecule has 0 saturated carbocycles. The van der Waals surface area contributed by atoms with Crippen LogP contribution in [-0.2, 0) is 13.2 Å². The minimum Gasteiger partial charge on any atom is -0.489 e. The molecule has 0 aliphatic heterocycles. The van der Waals surface area contributed by atoms with Crippen LogP contribution in [0.5, 0.6) is 5.75 Å². The van der Waals surface area contributed by atoms with Gasteiger partial charge in [0.1, 0.15) is 18.2 Å². The Hall–Kier alpha value is -1.87. The molecule has 2 nitrogen and oxygen atoms in total. The van der Waals surface area contributed by atoms with Crippen LogP contribution >= 0.6 is 0 Å². The largest absolute Gasteiger partial charge is 0.489 e. The molecule has 2 aromatic carbocycles. The predicted molar refractivity (Wildman–Crippen MR) is 72.6 cm³/mol. The third kappa shape index (κ3) is 3.32. The predicted octanol–water partition coefficient (Wildman–Crippen LogP) is 3.51. The third-order valence-electron chi connectivity index (χ3n) is 3.08. The van der Waals surface area contributed by atoms with Crippen LogP contribution < -0.4 is 4.74 Å². The van der Waals surface area contributed by atoms with Gasteiger partial charge >= 0.3 is 0 Å². The van der Waals surface area contributed by atoms with E-state index in [1.54, 1.807) is 6.07 Å². The average Bonchev–Trinajstić information content (AvgIpc) is 2.40. The summed E-state index contributed by atoms with van der Waals surface area (Å²) in [6.45, 7) is 4.10. The Bertz CT molecular complexity index is 579. The molecule has 0 radical (unpaired) electrons. The maximum Gasteiger partial charge on any atom is 0.125 e. The Morgan fingerprint density at radius 1 is 1.05 bits per heavy atom. The second-order valence-electron chi connectivity index (χ2n) is 4.63. The van der Waals surface area contributed by atoms with Crippen LogP contribution in [0.1, 0.15) is 22.3 Å². The molecule has 0 bridgehead atoms. The van der Waals surface area contributed by atoms with E-state index in [1.165, 1.54) is 12.1 Å². The molecule has 0 fully saturated rings. The van der Waals surface area contributed by atoms with E-state index in [0.29, 0.717) is 12.4 Å². The Morgan fingerprint density at radius 2 is 1.84 bits per heavy atom. The summed E-state index contributed by atoms with van der Waals surface area (Å²) in [5.41, 5.74) is 3.61. The molecule has 2 rings (SSSR count). The van der Waals surface area contributed by atoms with Gasteiger partial charge < -0.3 is 9.84 Å². The molecule has 3 heteroatoms. The molecule has 100 valence electrons. The number of ether oxygens (including phenoxy) is 1. The number of rotatable bonds is 4. The van der Waals surface area contributed by atoms with Crippen molar-refractivity contribution in [2.24, 2.45) is 0 Å². The van der Waals surface area contributed by atoms with Gasteiger partial charge in [-0.05, 0) is 43.2 Å². The fourth-order valence-electron chi connectivity index (χ4n) is 1.92. The van der Waals surface area contributed by atoms with Crippen molar-refractivity contribution in [3.8, 4) is 5.75 Å². The van der Waals surface area contributed by atoms with Gasteiger partial charge in [0.05, 0.1) is 6.61 Å². The fraction of sp³-hybridized carbons (Fsp3) is 0.250. The van der Waals surface area contributed by atoms with Gasteiger partial charge in [-0.15, -0.1) is 0 Å². The van der Waals surface area contributed by atoms with Crippen molar-refractivity contribution in [2.75, 3.05) is 0 Å². The Balaban J connectivity index is 2.16. The highest BCUT2D eigenvalue weighted by Crippen LogP contribution is 2.22. The standard InChI is InChI=1S/C16H17FO2/c1-11-3-6-16(13(7-11)9-18)19-10-14-8-15(17)5-4-12(14)2/h3-8,18H,9-10H2,1-2H3. The summed E-state index contributed by atoms with van der Waals surface area (Å²) in [5, 5.41) is 9.30. The topological polar surface area (TPSA) is 29.5 Å². The van der Waals surface area contributed by atoms with Gasteiger partial charge in [0.2, 0.25) is 0 Å². The highest BCUT2D eigenvalue weighted by Gasteiger charge is 2.06. The van der Waals surface area contributed by atoms with Crippen molar-refractivity contribution < 1.29 is 14.2 Å². The highest BCUT2D eigenvalue weighted by molar-refractivity contribution is 5.37. The number of benzene rings is 2. The first-order valence-corrected chi connectivity index (χ1v) is 6.18.